The molecule has 0 radical (unpaired) electrons. The summed E-state index contributed by atoms with van der Waals surface area (Å²) in [5, 5.41) is 34.2. The maximum absolute atomic E-state index is 8.31. The van der Waals surface area contributed by atoms with Gasteiger partial charge in [-0.3, -0.25) is 0 Å². The van der Waals surface area contributed by atoms with E-state index in [9.17, 15) is 0 Å². The van der Waals surface area contributed by atoms with Gasteiger partial charge in [-0.1, -0.05) is 22.2 Å². The topological polar surface area (TPSA) is 102 Å². The Balaban J connectivity index is 1.86. The largest absolute Gasteiger partial charge is 0.220 e. The van der Waals surface area contributed by atoms with Crippen LogP contribution in [0.5, 0.6) is 0 Å². The molecule has 3 aromatic rings. The van der Waals surface area contributed by atoms with Gasteiger partial charge >= 0.3 is 0 Å². The molecule has 0 bridgehead atoms. The summed E-state index contributed by atoms with van der Waals surface area (Å²) in [6, 6.07) is 16.6. The molecule has 3 aromatic carbocycles. The SMILES string of the molecule is Cc1ccc(N=Nc2ccc(SOOO)cc2)c2cc(SOOO)ccc12. The van der Waals surface area contributed by atoms with E-state index in [1.54, 1.807) is 24.3 Å². The molecule has 0 amide bonds. The Hall–Kier alpha value is -2.02. The van der Waals surface area contributed by atoms with E-state index >= 15 is 0 Å². The third-order valence-corrected chi connectivity index (χ3v) is 4.78. The molecule has 8 nitrogen and oxygen atoms in total. The number of nitrogens with zero attached hydrogens (tertiary/aromatic N) is 2. The first kappa shape index (κ1) is 19.7. The van der Waals surface area contributed by atoms with Crippen molar-refractivity contribution >= 4 is 46.2 Å². The summed E-state index contributed by atoms with van der Waals surface area (Å²) >= 11 is 1.75. The van der Waals surface area contributed by atoms with E-state index in [0.29, 0.717) is 11.4 Å². The van der Waals surface area contributed by atoms with Crippen LogP contribution in [0.1, 0.15) is 5.56 Å². The number of benzene rings is 3. The van der Waals surface area contributed by atoms with Gasteiger partial charge < -0.3 is 0 Å². The molecule has 2 N–H and O–H groups in total. The molecule has 27 heavy (non-hydrogen) atoms. The van der Waals surface area contributed by atoms with E-state index in [1.807, 2.05) is 37.3 Å². The number of rotatable bonds is 8. The predicted molar refractivity (Wildman–Crippen MR) is 101 cm³/mol. The van der Waals surface area contributed by atoms with Crippen molar-refractivity contribution in [2.75, 3.05) is 0 Å². The van der Waals surface area contributed by atoms with E-state index in [4.69, 9.17) is 10.5 Å². The van der Waals surface area contributed by atoms with Crippen molar-refractivity contribution in [3.63, 3.8) is 0 Å². The van der Waals surface area contributed by atoms with Crippen molar-refractivity contribution in [2.45, 2.75) is 16.7 Å². The smallest absolute Gasteiger partial charge is 0.0935 e. The number of azo groups is 1. The van der Waals surface area contributed by atoms with Crippen molar-refractivity contribution in [3.05, 3.63) is 60.2 Å². The van der Waals surface area contributed by atoms with Crippen LogP contribution in [0, 0.1) is 6.92 Å². The zero-order valence-corrected chi connectivity index (χ0v) is 15.6. The van der Waals surface area contributed by atoms with Crippen molar-refractivity contribution in [1.29, 1.82) is 0 Å². The van der Waals surface area contributed by atoms with E-state index in [2.05, 4.69) is 29.0 Å². The summed E-state index contributed by atoms with van der Waals surface area (Å²) in [6.45, 7) is 2.01. The normalized spacial score (nSPS) is 11.5. The Morgan fingerprint density at radius 1 is 0.741 bits per heavy atom. The van der Waals surface area contributed by atoms with Gasteiger partial charge in [-0.05, 0) is 60.3 Å². The molecule has 0 fully saturated rings. The van der Waals surface area contributed by atoms with Crippen LogP contribution in [-0.2, 0) is 18.7 Å². The van der Waals surface area contributed by atoms with Crippen LogP contribution in [-0.4, -0.2) is 10.5 Å². The van der Waals surface area contributed by atoms with Crippen LogP contribution in [0.3, 0.4) is 0 Å². The molecule has 0 atom stereocenters. The Morgan fingerprint density at radius 2 is 1.41 bits per heavy atom. The van der Waals surface area contributed by atoms with Crippen LogP contribution in [0.4, 0.5) is 11.4 Å². The Morgan fingerprint density at radius 3 is 2.11 bits per heavy atom. The van der Waals surface area contributed by atoms with Gasteiger partial charge in [-0.25, -0.2) is 10.5 Å². The minimum atomic E-state index is 0.653. The highest BCUT2D eigenvalue weighted by Crippen LogP contribution is 2.34. The molecule has 0 spiro atoms. The predicted octanol–water partition coefficient (Wildman–Crippen LogP) is 6.42. The molecule has 0 aliphatic heterocycles. The molecule has 0 unspecified atom stereocenters. The first-order valence-corrected chi connectivity index (χ1v) is 9.04. The minimum Gasteiger partial charge on any atom is -0.220 e. The third-order valence-electron chi connectivity index (χ3n) is 3.61. The lowest BCUT2D eigenvalue weighted by Gasteiger charge is -2.07. The van der Waals surface area contributed by atoms with E-state index in [0.717, 1.165) is 50.2 Å². The molecular formula is C17H14N2O6S2. The maximum Gasteiger partial charge on any atom is 0.0935 e. The van der Waals surface area contributed by atoms with E-state index < -0.39 is 0 Å². The van der Waals surface area contributed by atoms with Gasteiger partial charge in [0.2, 0.25) is 0 Å². The molecule has 0 saturated carbocycles. The summed E-state index contributed by atoms with van der Waals surface area (Å²) in [6.07, 6.45) is 0. The molecule has 0 aliphatic carbocycles. The molecule has 10 heteroatoms. The fourth-order valence-corrected chi connectivity index (χ4v) is 3.15. The van der Waals surface area contributed by atoms with Gasteiger partial charge in [-0.2, -0.15) is 5.11 Å². The van der Waals surface area contributed by atoms with Crippen molar-refractivity contribution in [3.8, 4) is 0 Å². The molecule has 0 heterocycles. The monoisotopic (exact) mass is 406 g/mol. The molecule has 0 aromatic heterocycles. The minimum absolute atomic E-state index is 0.653. The van der Waals surface area contributed by atoms with Gasteiger partial charge in [0.05, 0.1) is 35.5 Å². The van der Waals surface area contributed by atoms with Gasteiger partial charge in [0.25, 0.3) is 0 Å². The van der Waals surface area contributed by atoms with Crippen LogP contribution in [0.15, 0.2) is 74.6 Å². The Labute approximate surface area is 162 Å². The second-order valence-electron chi connectivity index (χ2n) is 5.25. The summed E-state index contributed by atoms with van der Waals surface area (Å²) in [7, 11) is 0. The highest BCUT2D eigenvalue weighted by atomic mass is 32.2. The Kier molecular flexibility index (Phi) is 7.15. The maximum atomic E-state index is 8.31. The van der Waals surface area contributed by atoms with Crippen molar-refractivity contribution < 1.29 is 29.3 Å². The number of aryl methyl sites for hydroxylation is 1. The third kappa shape index (κ3) is 5.25. The highest BCUT2D eigenvalue weighted by molar-refractivity contribution is 7.94. The standard InChI is InChI=1S/C17H14N2O6S2/c1-11-2-9-17(16-10-14(27-25-23-21)7-8-15(11)16)19-18-12-3-5-13(6-4-12)26-24-22-20/h2-10,20-21H,1H3. The van der Waals surface area contributed by atoms with Crippen LogP contribution < -0.4 is 0 Å². The zero-order chi connectivity index (χ0) is 19.1. The van der Waals surface area contributed by atoms with E-state index in [-0.39, 0.29) is 0 Å². The molecule has 140 valence electrons. The van der Waals surface area contributed by atoms with Crippen LogP contribution in [0.25, 0.3) is 10.8 Å². The molecule has 0 aliphatic rings. The number of hydrogen-bond acceptors (Lipinski definition) is 10. The summed E-state index contributed by atoms with van der Waals surface area (Å²) in [5.74, 6) is 0. The van der Waals surface area contributed by atoms with Gasteiger partial charge in [0, 0.05) is 15.2 Å². The van der Waals surface area contributed by atoms with Gasteiger partial charge in [0.15, 0.2) is 0 Å². The second kappa shape index (κ2) is 9.78. The lowest BCUT2D eigenvalue weighted by molar-refractivity contribution is -0.432. The highest BCUT2D eigenvalue weighted by Gasteiger charge is 2.06. The molecule has 3 rings (SSSR count). The van der Waals surface area contributed by atoms with Gasteiger partial charge in [-0.15, -0.1) is 13.8 Å². The summed E-state index contributed by atoms with van der Waals surface area (Å²) in [4.78, 5) is 1.47. The lowest BCUT2D eigenvalue weighted by Crippen LogP contribution is -1.83. The van der Waals surface area contributed by atoms with Crippen molar-refractivity contribution in [2.24, 2.45) is 10.2 Å². The Bertz CT molecular complexity index is 937. The molecular weight excluding hydrogens is 392 g/mol. The quantitative estimate of drug-likeness (QED) is 0.191. The van der Waals surface area contributed by atoms with Crippen LogP contribution in [0.2, 0.25) is 0 Å². The summed E-state index contributed by atoms with van der Waals surface area (Å²) < 4.78 is 8.86. The van der Waals surface area contributed by atoms with Gasteiger partial charge in [0.1, 0.15) is 0 Å². The first-order chi connectivity index (χ1) is 13.2. The second-order valence-corrected chi connectivity index (χ2v) is 6.80. The number of hydrogen-bond donors (Lipinski definition) is 2. The number of fused-ring (bicyclic) bond motifs is 1. The fourth-order valence-electron chi connectivity index (χ4n) is 2.39. The fraction of sp³-hybridized carbons (Fsp3) is 0.0588. The van der Waals surface area contributed by atoms with Crippen LogP contribution >= 0.6 is 24.1 Å². The van der Waals surface area contributed by atoms with Crippen molar-refractivity contribution in [1.82, 2.24) is 0 Å². The average molecular weight is 406 g/mol. The average Bonchev–Trinajstić information content (AvgIpc) is 2.71. The first-order valence-electron chi connectivity index (χ1n) is 7.56. The van der Waals surface area contributed by atoms with E-state index in [1.165, 1.54) is 0 Å². The lowest BCUT2D eigenvalue weighted by atomic mass is 10.0. The zero-order valence-electron chi connectivity index (χ0n) is 13.9. The molecule has 0 saturated heterocycles. The summed E-state index contributed by atoms with van der Waals surface area (Å²) in [5.41, 5.74) is 2.45.